The Kier molecular flexibility index (Phi) is 3.33. The van der Waals surface area contributed by atoms with E-state index in [0.29, 0.717) is 16.8 Å². The molecule has 0 unspecified atom stereocenters. The van der Waals surface area contributed by atoms with Gasteiger partial charge >= 0.3 is 5.97 Å². The maximum atomic E-state index is 11.9. The number of benzene rings is 1. The fourth-order valence-corrected chi connectivity index (χ4v) is 1.67. The SMILES string of the molecule is Cc1ccc(NC(=O)c2cnn(C)c2)cc1C(=O)O. The van der Waals surface area contributed by atoms with Crippen LogP contribution in [-0.4, -0.2) is 26.8 Å². The van der Waals surface area contributed by atoms with Gasteiger partial charge in [-0.25, -0.2) is 4.79 Å². The molecule has 0 aliphatic heterocycles. The molecule has 2 aromatic rings. The van der Waals surface area contributed by atoms with Gasteiger partial charge in [0.25, 0.3) is 5.91 Å². The molecule has 0 saturated carbocycles. The average Bonchev–Trinajstić information content (AvgIpc) is 2.78. The smallest absolute Gasteiger partial charge is 0.336 e. The van der Waals surface area contributed by atoms with Crippen molar-refractivity contribution in [2.24, 2.45) is 7.05 Å². The second-order valence-electron chi connectivity index (χ2n) is 4.19. The van der Waals surface area contributed by atoms with Crippen molar-refractivity contribution in [2.75, 3.05) is 5.32 Å². The molecule has 1 heterocycles. The van der Waals surface area contributed by atoms with Crippen LogP contribution in [0, 0.1) is 6.92 Å². The molecule has 6 heteroatoms. The molecule has 0 fully saturated rings. The van der Waals surface area contributed by atoms with E-state index in [0.717, 1.165) is 0 Å². The number of hydrogen-bond acceptors (Lipinski definition) is 3. The Bertz CT molecular complexity index is 646. The molecule has 0 atom stereocenters. The highest BCUT2D eigenvalue weighted by molar-refractivity contribution is 6.04. The Morgan fingerprint density at radius 1 is 1.37 bits per heavy atom. The van der Waals surface area contributed by atoms with Gasteiger partial charge in [0, 0.05) is 18.9 Å². The van der Waals surface area contributed by atoms with Crippen molar-refractivity contribution >= 4 is 17.6 Å². The van der Waals surface area contributed by atoms with Crippen LogP contribution < -0.4 is 5.32 Å². The van der Waals surface area contributed by atoms with Crippen LogP contribution in [0.4, 0.5) is 5.69 Å². The zero-order valence-electron chi connectivity index (χ0n) is 10.5. The molecule has 19 heavy (non-hydrogen) atoms. The number of amides is 1. The van der Waals surface area contributed by atoms with Crippen LogP contribution in [0.5, 0.6) is 0 Å². The van der Waals surface area contributed by atoms with Gasteiger partial charge in [0.1, 0.15) is 0 Å². The van der Waals surface area contributed by atoms with E-state index < -0.39 is 5.97 Å². The first-order chi connectivity index (χ1) is 8.97. The molecule has 1 aromatic carbocycles. The fraction of sp³-hybridized carbons (Fsp3) is 0.154. The highest BCUT2D eigenvalue weighted by Gasteiger charge is 2.11. The Morgan fingerprint density at radius 3 is 2.68 bits per heavy atom. The lowest BCUT2D eigenvalue weighted by atomic mass is 10.1. The summed E-state index contributed by atoms with van der Waals surface area (Å²) >= 11 is 0. The van der Waals surface area contributed by atoms with E-state index in [-0.39, 0.29) is 11.5 Å². The van der Waals surface area contributed by atoms with E-state index in [1.165, 1.54) is 16.9 Å². The second-order valence-corrected chi connectivity index (χ2v) is 4.19. The van der Waals surface area contributed by atoms with E-state index in [9.17, 15) is 9.59 Å². The highest BCUT2D eigenvalue weighted by Crippen LogP contribution is 2.16. The van der Waals surface area contributed by atoms with Crippen molar-refractivity contribution in [2.45, 2.75) is 6.92 Å². The van der Waals surface area contributed by atoms with Crippen molar-refractivity contribution in [3.8, 4) is 0 Å². The van der Waals surface area contributed by atoms with Gasteiger partial charge in [-0.05, 0) is 24.6 Å². The predicted octanol–water partition coefficient (Wildman–Crippen LogP) is 1.68. The van der Waals surface area contributed by atoms with Crippen molar-refractivity contribution < 1.29 is 14.7 Å². The lowest BCUT2D eigenvalue weighted by Crippen LogP contribution is -2.12. The number of aryl methyl sites for hydroxylation is 2. The maximum Gasteiger partial charge on any atom is 0.336 e. The van der Waals surface area contributed by atoms with Crippen LogP contribution in [0.25, 0.3) is 0 Å². The quantitative estimate of drug-likeness (QED) is 0.878. The summed E-state index contributed by atoms with van der Waals surface area (Å²) in [4.78, 5) is 22.9. The Balaban J connectivity index is 2.22. The third kappa shape index (κ3) is 2.79. The van der Waals surface area contributed by atoms with Gasteiger partial charge in [-0.2, -0.15) is 5.10 Å². The Labute approximate surface area is 109 Å². The second kappa shape index (κ2) is 4.93. The minimum absolute atomic E-state index is 0.170. The van der Waals surface area contributed by atoms with Gasteiger partial charge in [0.05, 0.1) is 17.3 Å². The molecule has 98 valence electrons. The molecule has 0 radical (unpaired) electrons. The number of aromatic carboxylic acids is 1. The molecular weight excluding hydrogens is 246 g/mol. The number of carbonyl (C=O) groups is 2. The lowest BCUT2D eigenvalue weighted by molar-refractivity contribution is 0.0695. The number of carbonyl (C=O) groups excluding carboxylic acids is 1. The number of aromatic nitrogens is 2. The van der Waals surface area contributed by atoms with Crippen molar-refractivity contribution in [1.82, 2.24) is 9.78 Å². The van der Waals surface area contributed by atoms with Gasteiger partial charge in [0.2, 0.25) is 0 Å². The molecule has 0 bridgehead atoms. The zero-order chi connectivity index (χ0) is 14.0. The first kappa shape index (κ1) is 12.8. The molecule has 0 saturated heterocycles. The minimum atomic E-state index is -1.02. The highest BCUT2D eigenvalue weighted by atomic mass is 16.4. The number of anilines is 1. The summed E-state index contributed by atoms with van der Waals surface area (Å²) in [6, 6.07) is 4.75. The number of hydrogen-bond donors (Lipinski definition) is 2. The molecule has 0 aliphatic carbocycles. The zero-order valence-corrected chi connectivity index (χ0v) is 10.5. The van der Waals surface area contributed by atoms with Gasteiger partial charge < -0.3 is 10.4 Å². The largest absolute Gasteiger partial charge is 0.478 e. The Morgan fingerprint density at radius 2 is 2.11 bits per heavy atom. The van der Waals surface area contributed by atoms with Crippen LogP contribution in [0.2, 0.25) is 0 Å². The third-order valence-corrected chi connectivity index (χ3v) is 2.69. The van der Waals surface area contributed by atoms with Crippen molar-refractivity contribution in [1.29, 1.82) is 0 Å². The summed E-state index contributed by atoms with van der Waals surface area (Å²) < 4.78 is 1.52. The first-order valence-corrected chi connectivity index (χ1v) is 5.61. The van der Waals surface area contributed by atoms with Crippen molar-refractivity contribution in [3.05, 3.63) is 47.3 Å². The predicted molar refractivity (Wildman–Crippen MR) is 69.3 cm³/mol. The van der Waals surface area contributed by atoms with Crippen molar-refractivity contribution in [3.63, 3.8) is 0 Å². The molecular formula is C13H13N3O3. The monoisotopic (exact) mass is 259 g/mol. The van der Waals surface area contributed by atoms with Crippen LogP contribution in [0.15, 0.2) is 30.6 Å². The maximum absolute atomic E-state index is 11.9. The summed E-state index contributed by atoms with van der Waals surface area (Å²) in [5.41, 5.74) is 1.67. The number of carboxylic acids is 1. The summed E-state index contributed by atoms with van der Waals surface area (Å²) in [5, 5.41) is 15.6. The normalized spacial score (nSPS) is 10.2. The molecule has 2 N–H and O–H groups in total. The molecule has 2 rings (SSSR count). The summed E-state index contributed by atoms with van der Waals surface area (Å²) in [7, 11) is 1.71. The number of nitrogens with one attached hydrogen (secondary N) is 1. The van der Waals surface area contributed by atoms with Crippen LogP contribution in [-0.2, 0) is 7.05 Å². The number of rotatable bonds is 3. The number of nitrogens with zero attached hydrogens (tertiary/aromatic N) is 2. The molecule has 1 amide bonds. The molecule has 0 spiro atoms. The molecule has 6 nitrogen and oxygen atoms in total. The third-order valence-electron chi connectivity index (χ3n) is 2.69. The van der Waals surface area contributed by atoms with Gasteiger partial charge in [-0.1, -0.05) is 6.07 Å². The number of carboxylic acid groups (broad SMARTS) is 1. The molecule has 1 aromatic heterocycles. The van der Waals surface area contributed by atoms with Crippen LogP contribution >= 0.6 is 0 Å². The molecule has 0 aliphatic rings. The summed E-state index contributed by atoms with van der Waals surface area (Å²) in [5.74, 6) is -1.34. The van der Waals surface area contributed by atoms with Gasteiger partial charge in [0.15, 0.2) is 0 Å². The van der Waals surface area contributed by atoms with Gasteiger partial charge in [-0.3, -0.25) is 9.48 Å². The lowest BCUT2D eigenvalue weighted by Gasteiger charge is -2.06. The summed E-state index contributed by atoms with van der Waals surface area (Å²) in [6.07, 6.45) is 3.03. The van der Waals surface area contributed by atoms with E-state index in [4.69, 9.17) is 5.11 Å². The summed E-state index contributed by atoms with van der Waals surface area (Å²) in [6.45, 7) is 1.70. The van der Waals surface area contributed by atoms with E-state index >= 15 is 0 Å². The van der Waals surface area contributed by atoms with E-state index in [1.807, 2.05) is 0 Å². The topological polar surface area (TPSA) is 84.2 Å². The van der Waals surface area contributed by atoms with E-state index in [2.05, 4.69) is 10.4 Å². The van der Waals surface area contributed by atoms with Crippen LogP contribution in [0.3, 0.4) is 0 Å². The minimum Gasteiger partial charge on any atom is -0.478 e. The first-order valence-electron chi connectivity index (χ1n) is 5.61. The van der Waals surface area contributed by atoms with E-state index in [1.54, 1.807) is 32.3 Å². The average molecular weight is 259 g/mol. The standard InChI is InChI=1S/C13H13N3O3/c1-8-3-4-10(5-11(8)13(18)19)15-12(17)9-6-14-16(2)7-9/h3-7H,1-2H3,(H,15,17)(H,18,19). The fourth-order valence-electron chi connectivity index (χ4n) is 1.67. The van der Waals surface area contributed by atoms with Crippen LogP contribution in [0.1, 0.15) is 26.3 Å². The van der Waals surface area contributed by atoms with Gasteiger partial charge in [-0.15, -0.1) is 0 Å². The Hall–Kier alpha value is -2.63.